The molecule has 0 bridgehead atoms. The van der Waals surface area contributed by atoms with Gasteiger partial charge in [0.05, 0.1) is 18.1 Å². The van der Waals surface area contributed by atoms with Crippen LogP contribution in [0, 0.1) is 11.8 Å². The molecule has 23 heavy (non-hydrogen) atoms. The smallest absolute Gasteiger partial charge is 0.314 e. The molecule has 5 heteroatoms. The number of aliphatic hydroxyl groups is 1. The van der Waals surface area contributed by atoms with Gasteiger partial charge in [-0.2, -0.15) is 0 Å². The molecule has 3 rings (SSSR count). The van der Waals surface area contributed by atoms with Gasteiger partial charge in [-0.25, -0.2) is 0 Å². The Morgan fingerprint density at radius 1 is 1.39 bits per heavy atom. The highest BCUT2D eigenvalue weighted by atomic mass is 16.6. The second-order valence-corrected chi connectivity index (χ2v) is 6.85. The molecule has 0 amide bonds. The van der Waals surface area contributed by atoms with E-state index in [9.17, 15) is 14.7 Å². The van der Waals surface area contributed by atoms with Gasteiger partial charge in [0, 0.05) is 12.3 Å². The fourth-order valence-electron chi connectivity index (χ4n) is 4.06. The van der Waals surface area contributed by atoms with E-state index in [1.807, 2.05) is 30.3 Å². The number of hydrogen-bond donors (Lipinski definition) is 1. The third kappa shape index (κ3) is 2.26. The van der Waals surface area contributed by atoms with Crippen molar-refractivity contribution in [3.05, 3.63) is 35.9 Å². The van der Waals surface area contributed by atoms with E-state index in [0.29, 0.717) is 0 Å². The lowest BCUT2D eigenvalue weighted by molar-refractivity contribution is -0.250. The number of carbonyl (C=O) groups excluding carboxylic acids is 2. The van der Waals surface area contributed by atoms with Crippen LogP contribution in [0.5, 0.6) is 0 Å². The fourth-order valence-corrected chi connectivity index (χ4v) is 4.06. The van der Waals surface area contributed by atoms with Gasteiger partial charge < -0.3 is 14.6 Å². The van der Waals surface area contributed by atoms with Crippen LogP contribution in [0.4, 0.5) is 0 Å². The van der Waals surface area contributed by atoms with Crippen molar-refractivity contribution in [2.45, 2.75) is 44.3 Å². The molecule has 4 atom stereocenters. The summed E-state index contributed by atoms with van der Waals surface area (Å²) >= 11 is 0. The summed E-state index contributed by atoms with van der Waals surface area (Å²) in [5, 5.41) is 10.6. The largest absolute Gasteiger partial charge is 0.466 e. The van der Waals surface area contributed by atoms with E-state index < -0.39 is 23.0 Å². The second kappa shape index (κ2) is 5.34. The summed E-state index contributed by atoms with van der Waals surface area (Å²) in [6, 6.07) is 9.46. The summed E-state index contributed by atoms with van der Waals surface area (Å²) in [5.74, 6) is -2.05. The molecule has 1 aliphatic heterocycles. The zero-order chi connectivity index (χ0) is 16.8. The first-order valence-corrected chi connectivity index (χ1v) is 7.98. The summed E-state index contributed by atoms with van der Waals surface area (Å²) < 4.78 is 10.6. The predicted octanol–water partition coefficient (Wildman–Crippen LogP) is 2.04. The second-order valence-electron chi connectivity index (χ2n) is 6.85. The van der Waals surface area contributed by atoms with Crippen molar-refractivity contribution in [1.82, 2.24) is 0 Å². The van der Waals surface area contributed by atoms with Gasteiger partial charge in [-0.3, -0.25) is 9.59 Å². The van der Waals surface area contributed by atoms with Crippen molar-refractivity contribution in [1.29, 1.82) is 0 Å². The van der Waals surface area contributed by atoms with Crippen LogP contribution in [-0.4, -0.2) is 34.9 Å². The van der Waals surface area contributed by atoms with Crippen molar-refractivity contribution in [3.63, 3.8) is 0 Å². The Hall–Kier alpha value is -1.88. The molecule has 0 spiro atoms. The van der Waals surface area contributed by atoms with E-state index >= 15 is 0 Å². The molecule has 1 saturated heterocycles. The van der Waals surface area contributed by atoms with Gasteiger partial charge in [0.15, 0.2) is 5.60 Å². The third-order valence-electron chi connectivity index (χ3n) is 5.16. The van der Waals surface area contributed by atoms with E-state index in [2.05, 4.69) is 0 Å². The first-order chi connectivity index (χ1) is 10.8. The minimum absolute atomic E-state index is 0.283. The van der Waals surface area contributed by atoms with E-state index in [0.717, 1.165) is 5.56 Å². The standard InChI is InChI=1S/C18H22O5/c1-4-22-15(19)12-10-18(17(2,3)21)14(16(20)23-18)13(12)11-8-6-5-7-9-11/h5-9,12-14,21H,4,10H2,1-3H3/t12-,13+,14+,18+/m1/s1. The lowest BCUT2D eigenvalue weighted by atomic mass is 9.70. The van der Waals surface area contributed by atoms with Gasteiger partial charge >= 0.3 is 11.9 Å². The van der Waals surface area contributed by atoms with Gasteiger partial charge in [0.1, 0.15) is 5.92 Å². The normalized spacial score (nSPS) is 32.7. The van der Waals surface area contributed by atoms with Crippen LogP contribution >= 0.6 is 0 Å². The lowest BCUT2D eigenvalue weighted by Gasteiger charge is -2.51. The number of carbonyl (C=O) groups is 2. The highest BCUT2D eigenvalue weighted by Crippen LogP contribution is 2.61. The zero-order valence-electron chi connectivity index (χ0n) is 13.6. The van der Waals surface area contributed by atoms with Crippen LogP contribution < -0.4 is 0 Å². The maximum absolute atomic E-state index is 12.5. The van der Waals surface area contributed by atoms with Crippen LogP contribution in [-0.2, 0) is 19.1 Å². The van der Waals surface area contributed by atoms with Gasteiger partial charge in [-0.1, -0.05) is 30.3 Å². The summed E-state index contributed by atoms with van der Waals surface area (Å²) in [4.78, 5) is 24.6. The van der Waals surface area contributed by atoms with Gasteiger partial charge in [0.25, 0.3) is 0 Å². The van der Waals surface area contributed by atoms with Gasteiger partial charge in [-0.15, -0.1) is 0 Å². The number of benzene rings is 1. The molecular formula is C18H22O5. The molecule has 0 unspecified atom stereocenters. The first kappa shape index (κ1) is 16.0. The van der Waals surface area contributed by atoms with Crippen LogP contribution in [0.2, 0.25) is 0 Å². The average Bonchev–Trinajstić information content (AvgIpc) is 2.78. The van der Waals surface area contributed by atoms with Crippen LogP contribution in [0.1, 0.15) is 38.7 Å². The molecule has 5 nitrogen and oxygen atoms in total. The highest BCUT2D eigenvalue weighted by molar-refractivity contribution is 5.87. The summed E-state index contributed by atoms with van der Waals surface area (Å²) in [5.41, 5.74) is -1.35. The summed E-state index contributed by atoms with van der Waals surface area (Å²) in [6.45, 7) is 5.29. The molecule has 1 aromatic carbocycles. The number of esters is 2. The molecule has 0 radical (unpaired) electrons. The quantitative estimate of drug-likeness (QED) is 0.860. The van der Waals surface area contributed by atoms with Crippen molar-refractivity contribution >= 4 is 11.9 Å². The van der Waals surface area contributed by atoms with Crippen molar-refractivity contribution in [3.8, 4) is 0 Å². The summed E-state index contributed by atoms with van der Waals surface area (Å²) in [7, 11) is 0. The van der Waals surface area contributed by atoms with Gasteiger partial charge in [0.2, 0.25) is 0 Å². The Kier molecular flexibility index (Phi) is 3.71. The predicted molar refractivity (Wildman–Crippen MR) is 82.5 cm³/mol. The topological polar surface area (TPSA) is 72.8 Å². The van der Waals surface area contributed by atoms with Crippen LogP contribution in [0.25, 0.3) is 0 Å². The lowest BCUT2D eigenvalue weighted by Crippen LogP contribution is -2.66. The fraction of sp³-hybridized carbons (Fsp3) is 0.556. The van der Waals surface area contributed by atoms with Gasteiger partial charge in [-0.05, 0) is 26.3 Å². The molecule has 1 aliphatic carbocycles. The molecule has 1 N–H and O–H groups in total. The SMILES string of the molecule is CCOC(=O)[C@@H]1C[C@]2(C(C)(C)O)OC(=O)[C@@H]2[C@H]1c1ccccc1. The third-order valence-corrected chi connectivity index (χ3v) is 5.16. The van der Waals surface area contributed by atoms with Crippen LogP contribution in [0.15, 0.2) is 30.3 Å². The Bertz CT molecular complexity index is 618. The molecule has 0 aromatic heterocycles. The Labute approximate surface area is 135 Å². The summed E-state index contributed by atoms with van der Waals surface area (Å²) in [6.07, 6.45) is 0.283. The average molecular weight is 318 g/mol. The minimum Gasteiger partial charge on any atom is -0.466 e. The van der Waals surface area contributed by atoms with E-state index in [1.54, 1.807) is 20.8 Å². The molecule has 1 aromatic rings. The number of ether oxygens (including phenoxy) is 2. The Balaban J connectivity index is 2.05. The monoisotopic (exact) mass is 318 g/mol. The van der Waals surface area contributed by atoms with Crippen molar-refractivity contribution < 1.29 is 24.2 Å². The maximum Gasteiger partial charge on any atom is 0.314 e. The molecule has 124 valence electrons. The molecule has 1 heterocycles. The molecule has 1 saturated carbocycles. The number of hydrogen-bond acceptors (Lipinski definition) is 5. The van der Waals surface area contributed by atoms with Crippen molar-refractivity contribution in [2.24, 2.45) is 11.8 Å². The zero-order valence-corrected chi connectivity index (χ0v) is 13.6. The number of fused-ring (bicyclic) bond motifs is 1. The maximum atomic E-state index is 12.5. The van der Waals surface area contributed by atoms with E-state index in [-0.39, 0.29) is 30.9 Å². The Morgan fingerprint density at radius 3 is 2.57 bits per heavy atom. The highest BCUT2D eigenvalue weighted by Gasteiger charge is 2.73. The van der Waals surface area contributed by atoms with E-state index in [4.69, 9.17) is 9.47 Å². The minimum atomic E-state index is -1.22. The molecule has 2 aliphatic rings. The van der Waals surface area contributed by atoms with Crippen LogP contribution in [0.3, 0.4) is 0 Å². The molecular weight excluding hydrogens is 296 g/mol. The first-order valence-electron chi connectivity index (χ1n) is 7.98. The Morgan fingerprint density at radius 2 is 2.04 bits per heavy atom. The van der Waals surface area contributed by atoms with E-state index in [1.165, 1.54) is 0 Å². The number of rotatable bonds is 4. The van der Waals surface area contributed by atoms with Crippen molar-refractivity contribution in [2.75, 3.05) is 6.61 Å². The molecule has 2 fully saturated rings.